The molecule has 0 heterocycles. The molecule has 0 N–H and O–H groups in total. The van der Waals surface area contributed by atoms with Gasteiger partial charge in [-0.2, -0.15) is 0 Å². The SMILES string of the molecule is CCOC(=O)C(Cc1ccc(OCC=C(C)C#Cc2cccc3ccccc23)cc1)OCC. The highest BCUT2D eigenvalue weighted by Gasteiger charge is 2.20. The Kier molecular flexibility index (Phi) is 9.11. The Balaban J connectivity index is 1.56. The second kappa shape index (κ2) is 12.5. The maximum absolute atomic E-state index is 12.0. The first-order valence-corrected chi connectivity index (χ1v) is 11.3. The lowest BCUT2D eigenvalue weighted by molar-refractivity contribution is -0.156. The average molecular weight is 443 g/mol. The summed E-state index contributed by atoms with van der Waals surface area (Å²) in [7, 11) is 0. The summed E-state index contributed by atoms with van der Waals surface area (Å²) in [5, 5.41) is 2.35. The Bertz CT molecular complexity index is 1140. The predicted molar refractivity (Wildman–Crippen MR) is 132 cm³/mol. The van der Waals surface area contributed by atoms with Gasteiger partial charge >= 0.3 is 5.97 Å². The fraction of sp³-hybridized carbons (Fsp3) is 0.276. The van der Waals surface area contributed by atoms with E-state index >= 15 is 0 Å². The summed E-state index contributed by atoms with van der Waals surface area (Å²) in [5.74, 6) is 6.91. The van der Waals surface area contributed by atoms with Gasteiger partial charge in [0.25, 0.3) is 0 Å². The van der Waals surface area contributed by atoms with E-state index in [2.05, 4.69) is 30.0 Å². The smallest absolute Gasteiger partial charge is 0.335 e. The molecule has 0 spiro atoms. The monoisotopic (exact) mass is 442 g/mol. The molecule has 3 rings (SSSR count). The highest BCUT2D eigenvalue weighted by Crippen LogP contribution is 2.18. The lowest BCUT2D eigenvalue weighted by atomic mass is 10.0. The molecule has 170 valence electrons. The van der Waals surface area contributed by atoms with Crippen LogP contribution in [0, 0.1) is 11.8 Å². The van der Waals surface area contributed by atoms with Crippen LogP contribution in [0.4, 0.5) is 0 Å². The van der Waals surface area contributed by atoms with Crippen molar-refractivity contribution in [3.63, 3.8) is 0 Å². The van der Waals surface area contributed by atoms with Crippen molar-refractivity contribution in [3.8, 4) is 17.6 Å². The van der Waals surface area contributed by atoms with Crippen molar-refractivity contribution >= 4 is 16.7 Å². The van der Waals surface area contributed by atoms with Gasteiger partial charge in [0, 0.05) is 18.6 Å². The van der Waals surface area contributed by atoms with E-state index in [1.54, 1.807) is 6.92 Å². The van der Waals surface area contributed by atoms with Crippen LogP contribution in [-0.4, -0.2) is 31.9 Å². The van der Waals surface area contributed by atoms with Crippen molar-refractivity contribution in [3.05, 3.63) is 89.5 Å². The lowest BCUT2D eigenvalue weighted by Crippen LogP contribution is -2.28. The van der Waals surface area contributed by atoms with Gasteiger partial charge in [-0.1, -0.05) is 60.4 Å². The molecule has 3 aromatic rings. The Morgan fingerprint density at radius 1 is 0.970 bits per heavy atom. The number of hydrogen-bond acceptors (Lipinski definition) is 4. The number of fused-ring (bicyclic) bond motifs is 1. The number of carbonyl (C=O) groups is 1. The molecule has 0 aliphatic carbocycles. The number of ether oxygens (including phenoxy) is 3. The minimum absolute atomic E-state index is 0.329. The Morgan fingerprint density at radius 2 is 1.73 bits per heavy atom. The van der Waals surface area contributed by atoms with Gasteiger partial charge < -0.3 is 14.2 Å². The van der Waals surface area contributed by atoms with Crippen LogP contribution in [0.25, 0.3) is 10.8 Å². The van der Waals surface area contributed by atoms with Gasteiger partial charge in [-0.25, -0.2) is 4.79 Å². The van der Waals surface area contributed by atoms with E-state index in [9.17, 15) is 4.79 Å². The molecule has 4 nitrogen and oxygen atoms in total. The van der Waals surface area contributed by atoms with Crippen LogP contribution < -0.4 is 4.74 Å². The minimum atomic E-state index is -0.590. The normalized spacial score (nSPS) is 12.0. The van der Waals surface area contributed by atoms with Gasteiger partial charge in [0.2, 0.25) is 0 Å². The number of carbonyl (C=O) groups excluding carboxylic acids is 1. The zero-order chi connectivity index (χ0) is 23.5. The first kappa shape index (κ1) is 24.1. The average Bonchev–Trinajstić information content (AvgIpc) is 2.83. The molecule has 0 saturated carbocycles. The third-order valence-electron chi connectivity index (χ3n) is 5.09. The molecule has 0 aliphatic heterocycles. The van der Waals surface area contributed by atoms with Crippen molar-refractivity contribution < 1.29 is 19.0 Å². The predicted octanol–water partition coefficient (Wildman–Crippen LogP) is 5.73. The second-order valence-electron chi connectivity index (χ2n) is 7.52. The topological polar surface area (TPSA) is 44.8 Å². The van der Waals surface area contributed by atoms with Crippen molar-refractivity contribution in [2.75, 3.05) is 19.8 Å². The molecule has 0 amide bonds. The van der Waals surface area contributed by atoms with Crippen molar-refractivity contribution in [2.24, 2.45) is 0 Å². The highest BCUT2D eigenvalue weighted by atomic mass is 16.6. The Morgan fingerprint density at radius 3 is 2.48 bits per heavy atom. The number of esters is 1. The molecule has 0 aromatic heterocycles. The number of rotatable bonds is 9. The van der Waals surface area contributed by atoms with Gasteiger partial charge in [-0.15, -0.1) is 0 Å². The van der Waals surface area contributed by atoms with Gasteiger partial charge in [0.1, 0.15) is 12.4 Å². The molecular formula is C29H30O4. The Labute approximate surface area is 196 Å². The van der Waals surface area contributed by atoms with Crippen LogP contribution >= 0.6 is 0 Å². The maximum Gasteiger partial charge on any atom is 0.335 e. The van der Waals surface area contributed by atoms with Gasteiger partial charge in [0.05, 0.1) is 6.61 Å². The van der Waals surface area contributed by atoms with E-state index in [0.717, 1.165) is 27.8 Å². The summed E-state index contributed by atoms with van der Waals surface area (Å²) in [6, 6.07) is 22.1. The number of hydrogen-bond donors (Lipinski definition) is 0. The summed E-state index contributed by atoms with van der Waals surface area (Å²) in [4.78, 5) is 12.0. The van der Waals surface area contributed by atoms with Gasteiger partial charge in [0.15, 0.2) is 6.10 Å². The third kappa shape index (κ3) is 7.24. The van der Waals surface area contributed by atoms with E-state index in [4.69, 9.17) is 14.2 Å². The second-order valence-corrected chi connectivity index (χ2v) is 7.52. The molecule has 4 heteroatoms. The van der Waals surface area contributed by atoms with Gasteiger partial charge in [-0.05, 0) is 67.0 Å². The van der Waals surface area contributed by atoms with Crippen LogP contribution in [0.15, 0.2) is 78.4 Å². The Hall–Kier alpha value is -3.55. The zero-order valence-corrected chi connectivity index (χ0v) is 19.5. The first-order chi connectivity index (χ1) is 16.1. The summed E-state index contributed by atoms with van der Waals surface area (Å²) >= 11 is 0. The van der Waals surface area contributed by atoms with E-state index in [-0.39, 0.29) is 5.97 Å². The maximum atomic E-state index is 12.0. The molecule has 0 saturated heterocycles. The summed E-state index contributed by atoms with van der Waals surface area (Å²) < 4.78 is 16.5. The van der Waals surface area contributed by atoms with Crippen molar-refractivity contribution in [1.29, 1.82) is 0 Å². The third-order valence-corrected chi connectivity index (χ3v) is 5.09. The zero-order valence-electron chi connectivity index (χ0n) is 19.5. The lowest BCUT2D eigenvalue weighted by Gasteiger charge is -2.15. The first-order valence-electron chi connectivity index (χ1n) is 11.3. The molecule has 0 aliphatic rings. The minimum Gasteiger partial charge on any atom is -0.490 e. The molecule has 3 aromatic carbocycles. The summed E-state index contributed by atoms with van der Waals surface area (Å²) in [5.41, 5.74) is 2.96. The fourth-order valence-electron chi connectivity index (χ4n) is 3.40. The van der Waals surface area contributed by atoms with Crippen LogP contribution in [0.5, 0.6) is 5.75 Å². The summed E-state index contributed by atoms with van der Waals surface area (Å²) in [6.45, 7) is 6.87. The van der Waals surface area contributed by atoms with Crippen molar-refractivity contribution in [2.45, 2.75) is 33.3 Å². The number of benzene rings is 3. The van der Waals surface area contributed by atoms with Crippen molar-refractivity contribution in [1.82, 2.24) is 0 Å². The van der Waals surface area contributed by atoms with E-state index in [1.165, 1.54) is 5.39 Å². The van der Waals surface area contributed by atoms with E-state index in [0.29, 0.717) is 26.2 Å². The molecule has 33 heavy (non-hydrogen) atoms. The molecule has 1 unspecified atom stereocenters. The molecule has 0 bridgehead atoms. The van der Waals surface area contributed by atoms with E-state index < -0.39 is 6.10 Å². The molecule has 1 atom stereocenters. The quantitative estimate of drug-likeness (QED) is 0.314. The molecule has 0 fully saturated rings. The molecule has 0 radical (unpaired) electrons. The van der Waals surface area contributed by atoms with Crippen LogP contribution in [0.1, 0.15) is 31.9 Å². The summed E-state index contributed by atoms with van der Waals surface area (Å²) in [6.07, 6.45) is 1.85. The molecular weight excluding hydrogens is 412 g/mol. The van der Waals surface area contributed by atoms with Crippen LogP contribution in [0.3, 0.4) is 0 Å². The number of allylic oxidation sites excluding steroid dienone is 1. The largest absolute Gasteiger partial charge is 0.490 e. The standard InChI is InChI=1S/C29H30O4/c1-4-31-28(29(30)32-5-2)21-23-14-17-26(18-15-23)33-20-19-22(3)13-16-25-11-8-10-24-9-6-7-12-27(24)25/h6-12,14-15,17-19,28H,4-5,20-21H2,1-3H3. The van der Waals surface area contributed by atoms with E-state index in [1.807, 2.05) is 68.5 Å². The van der Waals surface area contributed by atoms with Crippen LogP contribution in [0.2, 0.25) is 0 Å². The highest BCUT2D eigenvalue weighted by molar-refractivity contribution is 5.88. The fourth-order valence-corrected chi connectivity index (χ4v) is 3.40. The van der Waals surface area contributed by atoms with Crippen LogP contribution in [-0.2, 0) is 20.7 Å². The van der Waals surface area contributed by atoms with Gasteiger partial charge in [-0.3, -0.25) is 0 Å².